The van der Waals surface area contributed by atoms with Gasteiger partial charge in [0, 0.05) is 6.54 Å². The van der Waals surface area contributed by atoms with E-state index in [1.165, 1.54) is 31.9 Å². The molecule has 2 unspecified atom stereocenters. The lowest BCUT2D eigenvalue weighted by molar-refractivity contribution is -0.388. The molecule has 6 heteroatoms. The summed E-state index contributed by atoms with van der Waals surface area (Å²) in [7, 11) is 0. The van der Waals surface area contributed by atoms with Crippen molar-refractivity contribution in [2.24, 2.45) is 11.8 Å². The fourth-order valence-electron chi connectivity index (χ4n) is 2.49. The monoisotopic (exact) mass is 238 g/mol. The Kier molecular flexibility index (Phi) is 3.61. The number of anilines is 1. The fourth-order valence-corrected chi connectivity index (χ4v) is 2.49. The Morgan fingerprint density at radius 3 is 3.06 bits per heavy atom. The second-order valence-electron chi connectivity index (χ2n) is 4.79. The van der Waals surface area contributed by atoms with Crippen LogP contribution in [0.25, 0.3) is 0 Å². The molecule has 0 aromatic carbocycles. The number of rotatable bonds is 4. The van der Waals surface area contributed by atoms with E-state index < -0.39 is 4.92 Å². The molecule has 1 aromatic rings. The first-order valence-corrected chi connectivity index (χ1v) is 6.10. The highest BCUT2D eigenvalue weighted by atomic mass is 16.6. The summed E-state index contributed by atoms with van der Waals surface area (Å²) in [5.41, 5.74) is 0.493. The number of hydrogen-bond donors (Lipinski definition) is 2. The molecule has 1 aliphatic rings. The van der Waals surface area contributed by atoms with Crippen LogP contribution in [0, 0.1) is 22.0 Å². The van der Waals surface area contributed by atoms with Gasteiger partial charge in [0.15, 0.2) is 5.69 Å². The van der Waals surface area contributed by atoms with Crippen molar-refractivity contribution in [3.05, 3.63) is 16.3 Å². The van der Waals surface area contributed by atoms with Gasteiger partial charge in [0.05, 0.1) is 0 Å². The van der Waals surface area contributed by atoms with Gasteiger partial charge in [-0.3, -0.25) is 0 Å². The van der Waals surface area contributed by atoms with Gasteiger partial charge in [0.1, 0.15) is 6.20 Å². The first-order chi connectivity index (χ1) is 8.18. The standard InChI is InChI=1S/C11H18N4O2/c1-8-4-2-3-5-9(8)6-12-10-7-13-14-11(10)15(16)17/h7-9,12H,2-6H2,1H3,(H,13,14). The highest BCUT2D eigenvalue weighted by Crippen LogP contribution is 2.30. The summed E-state index contributed by atoms with van der Waals surface area (Å²) < 4.78 is 0. The number of H-pyrrole nitrogens is 1. The SMILES string of the molecule is CC1CCCCC1CNc1cn[nH]c1[N+](=O)[O-]. The summed E-state index contributed by atoms with van der Waals surface area (Å²) in [6.45, 7) is 3.05. The van der Waals surface area contributed by atoms with E-state index in [9.17, 15) is 10.1 Å². The second kappa shape index (κ2) is 5.16. The minimum Gasteiger partial charge on any atom is -0.377 e. The molecule has 1 aromatic heterocycles. The van der Waals surface area contributed by atoms with Gasteiger partial charge in [-0.2, -0.15) is 0 Å². The predicted molar refractivity (Wildman–Crippen MR) is 64.9 cm³/mol. The highest BCUT2D eigenvalue weighted by molar-refractivity contribution is 5.55. The van der Waals surface area contributed by atoms with Crippen LogP contribution >= 0.6 is 0 Å². The fraction of sp³-hybridized carbons (Fsp3) is 0.727. The number of nitrogens with one attached hydrogen (secondary N) is 2. The van der Waals surface area contributed by atoms with Crippen LogP contribution in [0.5, 0.6) is 0 Å². The molecule has 0 saturated heterocycles. The topological polar surface area (TPSA) is 83.8 Å². The van der Waals surface area contributed by atoms with Crippen molar-refractivity contribution < 1.29 is 4.92 Å². The van der Waals surface area contributed by atoms with E-state index in [1.54, 1.807) is 0 Å². The van der Waals surface area contributed by atoms with E-state index in [2.05, 4.69) is 22.4 Å². The van der Waals surface area contributed by atoms with Gasteiger partial charge in [0.25, 0.3) is 0 Å². The Morgan fingerprint density at radius 2 is 2.35 bits per heavy atom. The lowest BCUT2D eigenvalue weighted by Gasteiger charge is -2.28. The van der Waals surface area contributed by atoms with E-state index in [0.29, 0.717) is 17.5 Å². The van der Waals surface area contributed by atoms with E-state index in [1.807, 2.05) is 0 Å². The molecule has 17 heavy (non-hydrogen) atoms. The lowest BCUT2D eigenvalue weighted by Crippen LogP contribution is -2.24. The molecule has 6 nitrogen and oxygen atoms in total. The van der Waals surface area contributed by atoms with Crippen LogP contribution in [0.2, 0.25) is 0 Å². The van der Waals surface area contributed by atoms with Crippen LogP contribution in [-0.4, -0.2) is 21.7 Å². The van der Waals surface area contributed by atoms with Gasteiger partial charge < -0.3 is 15.4 Å². The van der Waals surface area contributed by atoms with Crippen LogP contribution in [-0.2, 0) is 0 Å². The molecule has 1 heterocycles. The van der Waals surface area contributed by atoms with Crippen LogP contribution in [0.15, 0.2) is 6.20 Å². The normalized spacial score (nSPS) is 24.5. The largest absolute Gasteiger partial charge is 0.377 e. The molecule has 0 aliphatic heterocycles. The number of nitrogens with zero attached hydrogens (tertiary/aromatic N) is 2. The Hall–Kier alpha value is -1.59. The van der Waals surface area contributed by atoms with Crippen molar-refractivity contribution in [1.29, 1.82) is 0 Å². The van der Waals surface area contributed by atoms with E-state index in [0.717, 1.165) is 6.54 Å². The summed E-state index contributed by atoms with van der Waals surface area (Å²) >= 11 is 0. The van der Waals surface area contributed by atoms with Gasteiger partial charge in [-0.05, 0) is 23.2 Å². The van der Waals surface area contributed by atoms with Crippen molar-refractivity contribution in [2.75, 3.05) is 11.9 Å². The van der Waals surface area contributed by atoms with E-state index in [-0.39, 0.29) is 5.82 Å². The van der Waals surface area contributed by atoms with E-state index >= 15 is 0 Å². The third kappa shape index (κ3) is 2.75. The number of hydrogen-bond acceptors (Lipinski definition) is 4. The third-order valence-electron chi connectivity index (χ3n) is 3.65. The van der Waals surface area contributed by atoms with Crippen molar-refractivity contribution in [1.82, 2.24) is 10.2 Å². The third-order valence-corrected chi connectivity index (χ3v) is 3.65. The highest BCUT2D eigenvalue weighted by Gasteiger charge is 2.22. The van der Waals surface area contributed by atoms with Gasteiger partial charge in [-0.25, -0.2) is 0 Å². The molecule has 2 atom stereocenters. The number of aromatic nitrogens is 2. The average molecular weight is 238 g/mol. The maximum absolute atomic E-state index is 10.7. The number of aromatic amines is 1. The maximum atomic E-state index is 10.7. The molecule has 1 aliphatic carbocycles. The molecule has 0 bridgehead atoms. The molecule has 1 saturated carbocycles. The molecule has 94 valence electrons. The lowest BCUT2D eigenvalue weighted by atomic mass is 9.80. The minimum absolute atomic E-state index is 0.0477. The van der Waals surface area contributed by atoms with Crippen LogP contribution in [0.1, 0.15) is 32.6 Å². The molecular weight excluding hydrogens is 220 g/mol. The summed E-state index contributed by atoms with van der Waals surface area (Å²) in [6, 6.07) is 0. The first kappa shape index (κ1) is 11.9. The van der Waals surface area contributed by atoms with E-state index in [4.69, 9.17) is 0 Å². The summed E-state index contributed by atoms with van der Waals surface area (Å²) in [6.07, 6.45) is 6.53. The van der Waals surface area contributed by atoms with Crippen molar-refractivity contribution in [3.63, 3.8) is 0 Å². The van der Waals surface area contributed by atoms with Crippen LogP contribution in [0.4, 0.5) is 11.5 Å². The van der Waals surface area contributed by atoms with Gasteiger partial charge in [-0.15, -0.1) is 5.10 Å². The predicted octanol–water partition coefficient (Wildman–Crippen LogP) is 2.56. The number of nitro groups is 1. The zero-order valence-corrected chi connectivity index (χ0v) is 9.98. The van der Waals surface area contributed by atoms with Crippen molar-refractivity contribution >= 4 is 11.5 Å². The zero-order chi connectivity index (χ0) is 12.3. The Bertz CT molecular complexity index is 391. The molecule has 2 N–H and O–H groups in total. The summed E-state index contributed by atoms with van der Waals surface area (Å²) in [5, 5.41) is 19.9. The Morgan fingerprint density at radius 1 is 1.59 bits per heavy atom. The smallest absolute Gasteiger partial charge is 0.366 e. The summed E-state index contributed by atoms with van der Waals surface area (Å²) in [4.78, 5) is 10.2. The second-order valence-corrected chi connectivity index (χ2v) is 4.79. The van der Waals surface area contributed by atoms with Gasteiger partial charge in [0.2, 0.25) is 0 Å². The molecular formula is C11H18N4O2. The molecule has 0 spiro atoms. The van der Waals surface area contributed by atoms with Gasteiger partial charge >= 0.3 is 5.82 Å². The molecule has 0 amide bonds. The van der Waals surface area contributed by atoms with Gasteiger partial charge in [-0.1, -0.05) is 31.3 Å². The Balaban J connectivity index is 1.92. The van der Waals surface area contributed by atoms with Crippen molar-refractivity contribution in [2.45, 2.75) is 32.6 Å². The molecule has 1 fully saturated rings. The molecule has 2 rings (SSSR count). The van der Waals surface area contributed by atoms with Crippen LogP contribution in [0.3, 0.4) is 0 Å². The maximum Gasteiger partial charge on any atom is 0.366 e. The quantitative estimate of drug-likeness (QED) is 0.623. The average Bonchev–Trinajstić information content (AvgIpc) is 2.76. The summed E-state index contributed by atoms with van der Waals surface area (Å²) in [5.74, 6) is 1.26. The molecule has 0 radical (unpaired) electrons. The first-order valence-electron chi connectivity index (χ1n) is 6.10. The Labute approximate surface area is 99.9 Å². The zero-order valence-electron chi connectivity index (χ0n) is 9.98. The van der Waals surface area contributed by atoms with Crippen molar-refractivity contribution in [3.8, 4) is 0 Å². The van der Waals surface area contributed by atoms with Crippen LogP contribution < -0.4 is 5.32 Å². The minimum atomic E-state index is -0.445.